The second-order valence-corrected chi connectivity index (χ2v) is 6.68. The van der Waals surface area contributed by atoms with Crippen LogP contribution < -0.4 is 5.32 Å². The van der Waals surface area contributed by atoms with E-state index in [1.54, 1.807) is 36.9 Å². The van der Waals surface area contributed by atoms with Crippen molar-refractivity contribution in [1.29, 1.82) is 0 Å². The number of carbonyl (C=O) groups excluding carboxylic acids is 1. The van der Waals surface area contributed by atoms with Crippen molar-refractivity contribution in [2.75, 3.05) is 25.0 Å². The van der Waals surface area contributed by atoms with Crippen LogP contribution in [0.15, 0.2) is 43.0 Å². The van der Waals surface area contributed by atoms with E-state index in [1.165, 1.54) is 0 Å². The Hall–Kier alpha value is -2.54. The zero-order valence-corrected chi connectivity index (χ0v) is 14.0. The van der Waals surface area contributed by atoms with E-state index in [4.69, 9.17) is 4.74 Å². The summed E-state index contributed by atoms with van der Waals surface area (Å²) in [6.45, 7) is 1.99. The molecule has 4 rings (SSSR count). The number of carbonyl (C=O) groups is 1. The molecule has 0 radical (unpaired) electrons. The van der Waals surface area contributed by atoms with Gasteiger partial charge in [0, 0.05) is 37.8 Å². The topological polar surface area (TPSA) is 80.2 Å². The fourth-order valence-corrected chi connectivity index (χ4v) is 3.72. The highest BCUT2D eigenvalue weighted by molar-refractivity contribution is 5.94. The Morgan fingerprint density at radius 2 is 2.16 bits per heavy atom. The molecule has 4 heterocycles. The summed E-state index contributed by atoms with van der Waals surface area (Å²) in [6.07, 6.45) is 9.50. The van der Waals surface area contributed by atoms with E-state index >= 15 is 0 Å². The number of piperidine rings is 1. The number of aromatic nitrogens is 3. The number of nitrogens with zero attached hydrogens (tertiary/aromatic N) is 4. The summed E-state index contributed by atoms with van der Waals surface area (Å²) in [5, 5.41) is 3.33. The quantitative estimate of drug-likeness (QED) is 0.918. The minimum Gasteiger partial charge on any atom is -0.371 e. The third-order valence-corrected chi connectivity index (χ3v) is 4.84. The van der Waals surface area contributed by atoms with Gasteiger partial charge in [-0.05, 0) is 31.0 Å². The second kappa shape index (κ2) is 6.76. The van der Waals surface area contributed by atoms with Crippen molar-refractivity contribution < 1.29 is 9.53 Å². The van der Waals surface area contributed by atoms with E-state index < -0.39 is 0 Å². The van der Waals surface area contributed by atoms with Gasteiger partial charge in [0.05, 0.1) is 30.4 Å². The van der Waals surface area contributed by atoms with Crippen molar-refractivity contribution in [3.63, 3.8) is 0 Å². The minimum atomic E-state index is -0.275. The molecule has 2 atom stereocenters. The van der Waals surface area contributed by atoms with Crippen LogP contribution in [0.25, 0.3) is 0 Å². The lowest BCUT2D eigenvalue weighted by molar-refractivity contribution is -0.0447. The van der Waals surface area contributed by atoms with Gasteiger partial charge >= 0.3 is 0 Å². The molecule has 0 unspecified atom stereocenters. The smallest absolute Gasteiger partial charge is 0.255 e. The summed E-state index contributed by atoms with van der Waals surface area (Å²) in [5.74, 6) is 0.644. The summed E-state index contributed by atoms with van der Waals surface area (Å²) in [7, 11) is 0. The van der Waals surface area contributed by atoms with Crippen LogP contribution in [0.1, 0.15) is 29.6 Å². The lowest BCUT2D eigenvalue weighted by atomic mass is 9.88. The number of nitrogens with one attached hydrogen (secondary N) is 1. The molecular weight excluding hydrogens is 318 g/mol. The van der Waals surface area contributed by atoms with Crippen molar-refractivity contribution in [2.24, 2.45) is 0 Å². The molecule has 2 aliphatic rings. The van der Waals surface area contributed by atoms with Crippen LogP contribution in [0, 0.1) is 0 Å². The van der Waals surface area contributed by atoms with Crippen LogP contribution in [0.2, 0.25) is 0 Å². The number of likely N-dealkylation sites (tertiary alicyclic amines) is 1. The van der Waals surface area contributed by atoms with Crippen molar-refractivity contribution in [1.82, 2.24) is 19.9 Å². The molecule has 2 saturated heterocycles. The van der Waals surface area contributed by atoms with Gasteiger partial charge in [-0.25, -0.2) is 9.97 Å². The fraction of sp³-hybridized carbons (Fsp3) is 0.444. The Morgan fingerprint density at radius 3 is 2.96 bits per heavy atom. The van der Waals surface area contributed by atoms with Gasteiger partial charge in [0.15, 0.2) is 0 Å². The van der Waals surface area contributed by atoms with Crippen molar-refractivity contribution in [3.8, 4) is 0 Å². The average Bonchev–Trinajstić information content (AvgIpc) is 3.04. The number of anilines is 1. The molecule has 0 saturated carbocycles. The van der Waals surface area contributed by atoms with Gasteiger partial charge in [-0.15, -0.1) is 0 Å². The predicted octanol–water partition coefficient (Wildman–Crippen LogP) is 1.75. The fourth-order valence-electron chi connectivity index (χ4n) is 3.72. The highest BCUT2D eigenvalue weighted by Gasteiger charge is 2.44. The Labute approximate surface area is 146 Å². The Morgan fingerprint density at radius 1 is 1.28 bits per heavy atom. The summed E-state index contributed by atoms with van der Waals surface area (Å²) < 4.78 is 6.15. The zero-order valence-electron chi connectivity index (χ0n) is 14.0. The van der Waals surface area contributed by atoms with Gasteiger partial charge in [-0.1, -0.05) is 0 Å². The van der Waals surface area contributed by atoms with E-state index in [-0.39, 0.29) is 17.6 Å². The molecule has 0 aromatic carbocycles. The molecule has 2 aromatic rings. The SMILES string of the molecule is O=C(c1cccnc1)N1CCC[C@@]2(C[C@H](Nc3ncccn3)CO2)C1. The lowest BCUT2D eigenvalue weighted by Crippen LogP contribution is -2.50. The zero-order chi connectivity index (χ0) is 17.1. The maximum atomic E-state index is 12.7. The molecule has 130 valence electrons. The molecule has 0 bridgehead atoms. The van der Waals surface area contributed by atoms with E-state index in [2.05, 4.69) is 20.3 Å². The monoisotopic (exact) mass is 339 g/mol. The summed E-state index contributed by atoms with van der Waals surface area (Å²) >= 11 is 0. The standard InChI is InChI=1S/C18H21N5O2/c24-16(14-4-1-6-19-11-14)23-9-2-5-18(13-23)10-15(12-25-18)22-17-20-7-3-8-21-17/h1,3-4,6-8,11,15H,2,5,9-10,12-13H2,(H,20,21,22)/t15-,18+/m0/s1. The molecular formula is C18H21N5O2. The van der Waals surface area contributed by atoms with Crippen LogP contribution in [0.4, 0.5) is 5.95 Å². The van der Waals surface area contributed by atoms with Gasteiger partial charge in [0.2, 0.25) is 5.95 Å². The number of amides is 1. The van der Waals surface area contributed by atoms with Crippen LogP contribution >= 0.6 is 0 Å². The largest absolute Gasteiger partial charge is 0.371 e. The molecule has 25 heavy (non-hydrogen) atoms. The summed E-state index contributed by atoms with van der Waals surface area (Å²) in [5.41, 5.74) is 0.354. The highest BCUT2D eigenvalue weighted by atomic mass is 16.5. The van der Waals surface area contributed by atoms with E-state index in [0.717, 1.165) is 25.8 Å². The highest BCUT2D eigenvalue weighted by Crippen LogP contribution is 2.35. The average molecular weight is 339 g/mol. The molecule has 1 N–H and O–H groups in total. The number of rotatable bonds is 3. The number of hydrogen-bond donors (Lipinski definition) is 1. The van der Waals surface area contributed by atoms with Crippen LogP contribution in [0.5, 0.6) is 0 Å². The van der Waals surface area contributed by atoms with E-state index in [0.29, 0.717) is 24.7 Å². The minimum absolute atomic E-state index is 0.0265. The van der Waals surface area contributed by atoms with Gasteiger partial charge in [-0.2, -0.15) is 0 Å². The maximum absolute atomic E-state index is 12.7. The van der Waals surface area contributed by atoms with Crippen LogP contribution in [-0.4, -0.2) is 57.1 Å². The first kappa shape index (κ1) is 16.0. The summed E-state index contributed by atoms with van der Waals surface area (Å²) in [6, 6.07) is 5.55. The number of pyridine rings is 1. The Kier molecular flexibility index (Phi) is 4.31. The first-order chi connectivity index (χ1) is 12.2. The van der Waals surface area contributed by atoms with Crippen LogP contribution in [-0.2, 0) is 4.74 Å². The van der Waals surface area contributed by atoms with Gasteiger partial charge < -0.3 is 15.0 Å². The van der Waals surface area contributed by atoms with E-state index in [1.807, 2.05) is 11.0 Å². The summed E-state index contributed by atoms with van der Waals surface area (Å²) in [4.78, 5) is 27.1. The molecule has 2 fully saturated rings. The first-order valence-electron chi connectivity index (χ1n) is 8.61. The van der Waals surface area contributed by atoms with Crippen molar-refractivity contribution >= 4 is 11.9 Å². The van der Waals surface area contributed by atoms with Gasteiger partial charge in [0.25, 0.3) is 5.91 Å². The third-order valence-electron chi connectivity index (χ3n) is 4.84. The third kappa shape index (κ3) is 3.46. The van der Waals surface area contributed by atoms with Gasteiger partial charge in [0.1, 0.15) is 0 Å². The molecule has 2 aromatic heterocycles. The Bertz CT molecular complexity index is 727. The first-order valence-corrected chi connectivity index (χ1v) is 8.61. The number of hydrogen-bond acceptors (Lipinski definition) is 6. The van der Waals surface area contributed by atoms with Crippen molar-refractivity contribution in [3.05, 3.63) is 48.5 Å². The second-order valence-electron chi connectivity index (χ2n) is 6.68. The molecule has 1 spiro atoms. The molecule has 0 aliphatic carbocycles. The molecule has 7 nitrogen and oxygen atoms in total. The number of ether oxygens (including phenoxy) is 1. The predicted molar refractivity (Wildman–Crippen MR) is 92.1 cm³/mol. The molecule has 7 heteroatoms. The van der Waals surface area contributed by atoms with Gasteiger partial charge in [-0.3, -0.25) is 9.78 Å². The van der Waals surface area contributed by atoms with E-state index in [9.17, 15) is 4.79 Å². The van der Waals surface area contributed by atoms with Crippen molar-refractivity contribution in [2.45, 2.75) is 30.9 Å². The normalized spacial score (nSPS) is 25.9. The molecule has 2 aliphatic heterocycles. The van der Waals surface area contributed by atoms with Crippen LogP contribution in [0.3, 0.4) is 0 Å². The maximum Gasteiger partial charge on any atom is 0.255 e. The Balaban J connectivity index is 1.42. The molecule has 1 amide bonds. The lowest BCUT2D eigenvalue weighted by Gasteiger charge is -2.39.